The zero-order chi connectivity index (χ0) is 14.7. The van der Waals surface area contributed by atoms with Crippen molar-refractivity contribution in [2.24, 2.45) is 0 Å². The lowest BCUT2D eigenvalue weighted by molar-refractivity contribution is -0.385. The maximum absolute atomic E-state index is 13.0. The van der Waals surface area contributed by atoms with Gasteiger partial charge in [0.25, 0.3) is 0 Å². The van der Waals surface area contributed by atoms with Gasteiger partial charge in [-0.3, -0.25) is 10.1 Å². The van der Waals surface area contributed by atoms with Gasteiger partial charge >= 0.3 is 11.7 Å². The third-order valence-corrected chi connectivity index (χ3v) is 2.30. The van der Waals surface area contributed by atoms with Crippen LogP contribution >= 0.6 is 11.6 Å². The maximum Gasteiger partial charge on any atom is 0.328 e. The molecule has 0 saturated carbocycles. The van der Waals surface area contributed by atoms with Gasteiger partial charge in [0.05, 0.1) is 11.0 Å². The summed E-state index contributed by atoms with van der Waals surface area (Å²) in [5, 5.41) is 13.3. The maximum atomic E-state index is 13.0. The summed E-state index contributed by atoms with van der Waals surface area (Å²) in [7, 11) is 1.55. The first kappa shape index (κ1) is 13.9. The third-order valence-electron chi connectivity index (χ3n) is 2.13. The molecular weight excluding hydrogens is 293 g/mol. The molecule has 0 spiro atoms. The lowest BCUT2D eigenvalue weighted by atomic mass is 10.3. The van der Waals surface area contributed by atoms with Crippen molar-refractivity contribution in [2.45, 2.75) is 0 Å². The van der Waals surface area contributed by atoms with E-state index in [0.717, 1.165) is 18.2 Å². The molecule has 0 radical (unpaired) electrons. The number of nitro benzene ring substituents is 1. The summed E-state index contributed by atoms with van der Waals surface area (Å²) in [5.74, 6) is -0.834. The average Bonchev–Trinajstić information content (AvgIpc) is 2.40. The third kappa shape index (κ3) is 3.06. The number of nitrogens with one attached hydrogen (secondary N) is 1. The van der Waals surface area contributed by atoms with Gasteiger partial charge in [-0.2, -0.15) is 15.0 Å². The van der Waals surface area contributed by atoms with Gasteiger partial charge in [-0.15, -0.1) is 0 Å². The van der Waals surface area contributed by atoms with E-state index >= 15 is 0 Å². The van der Waals surface area contributed by atoms with Crippen molar-refractivity contribution >= 4 is 23.2 Å². The Hall–Kier alpha value is -2.55. The molecule has 0 bridgehead atoms. The van der Waals surface area contributed by atoms with E-state index < -0.39 is 16.4 Å². The highest BCUT2D eigenvalue weighted by atomic mass is 35.5. The van der Waals surface area contributed by atoms with Crippen LogP contribution in [0.1, 0.15) is 0 Å². The number of nitro groups is 1. The van der Waals surface area contributed by atoms with Crippen LogP contribution in [-0.4, -0.2) is 26.9 Å². The molecule has 0 atom stereocenters. The molecular formula is C10H7ClFN5O3. The van der Waals surface area contributed by atoms with E-state index in [1.165, 1.54) is 0 Å². The van der Waals surface area contributed by atoms with E-state index in [9.17, 15) is 14.5 Å². The lowest BCUT2D eigenvalue weighted by Crippen LogP contribution is -2.02. The summed E-state index contributed by atoms with van der Waals surface area (Å²) >= 11 is 5.65. The molecule has 1 aromatic heterocycles. The molecule has 0 aliphatic rings. The number of anilines is 1. The van der Waals surface area contributed by atoms with Gasteiger partial charge in [0.1, 0.15) is 5.82 Å². The predicted octanol–water partition coefficient (Wildman–Crippen LogP) is 2.41. The van der Waals surface area contributed by atoms with E-state index in [1.807, 2.05) is 0 Å². The number of aromatic nitrogens is 3. The number of halogens is 2. The summed E-state index contributed by atoms with van der Waals surface area (Å²) in [6.07, 6.45) is 0. The van der Waals surface area contributed by atoms with Crippen LogP contribution in [0.15, 0.2) is 18.2 Å². The predicted molar refractivity (Wildman–Crippen MR) is 67.5 cm³/mol. The van der Waals surface area contributed by atoms with Gasteiger partial charge in [0.15, 0.2) is 0 Å². The van der Waals surface area contributed by atoms with E-state index in [-0.39, 0.29) is 23.0 Å². The van der Waals surface area contributed by atoms with Crippen LogP contribution in [0.25, 0.3) is 0 Å². The minimum atomic E-state index is -0.778. The van der Waals surface area contributed by atoms with Crippen molar-refractivity contribution in [3.8, 4) is 11.8 Å². The summed E-state index contributed by atoms with van der Waals surface area (Å²) in [6, 6.07) is 2.61. The highest BCUT2D eigenvalue weighted by molar-refractivity contribution is 6.28. The molecule has 104 valence electrons. The Bertz CT molecular complexity index is 669. The molecule has 1 N–H and O–H groups in total. The van der Waals surface area contributed by atoms with Crippen molar-refractivity contribution in [2.75, 3.05) is 12.4 Å². The van der Waals surface area contributed by atoms with Gasteiger partial charge in [-0.1, -0.05) is 0 Å². The van der Waals surface area contributed by atoms with Crippen LogP contribution in [0.3, 0.4) is 0 Å². The van der Waals surface area contributed by atoms with Crippen LogP contribution in [0.2, 0.25) is 5.28 Å². The number of hydrogen-bond acceptors (Lipinski definition) is 7. The Morgan fingerprint density at radius 3 is 2.80 bits per heavy atom. The fraction of sp³-hybridized carbons (Fsp3) is 0.100. The molecule has 0 unspecified atom stereocenters. The number of nitrogens with zero attached hydrogens (tertiary/aromatic N) is 4. The van der Waals surface area contributed by atoms with Crippen LogP contribution in [0.4, 0.5) is 16.0 Å². The van der Waals surface area contributed by atoms with Gasteiger partial charge in [0.2, 0.25) is 17.0 Å². The minimum absolute atomic E-state index is 0.129. The SMILES string of the molecule is CNc1nc(Cl)nc(Oc2ccc(F)cc2[N+](=O)[O-])n1. The minimum Gasteiger partial charge on any atom is -0.417 e. The molecule has 2 rings (SSSR count). The van der Waals surface area contributed by atoms with Crippen molar-refractivity contribution in [1.29, 1.82) is 0 Å². The van der Waals surface area contributed by atoms with E-state index in [0.29, 0.717) is 0 Å². The molecule has 1 aromatic carbocycles. The highest BCUT2D eigenvalue weighted by Gasteiger charge is 2.18. The van der Waals surface area contributed by atoms with Gasteiger partial charge in [-0.05, 0) is 23.7 Å². The molecule has 0 aliphatic carbocycles. The Balaban J connectivity index is 2.39. The number of benzene rings is 1. The van der Waals surface area contributed by atoms with Crippen LogP contribution in [0, 0.1) is 15.9 Å². The van der Waals surface area contributed by atoms with Gasteiger partial charge in [-0.25, -0.2) is 4.39 Å². The molecule has 1 heterocycles. The first-order valence-corrected chi connectivity index (χ1v) is 5.58. The van der Waals surface area contributed by atoms with E-state index in [2.05, 4.69) is 20.3 Å². The monoisotopic (exact) mass is 299 g/mol. The molecule has 2 aromatic rings. The molecule has 20 heavy (non-hydrogen) atoms. The molecule has 8 nitrogen and oxygen atoms in total. The fourth-order valence-corrected chi connectivity index (χ4v) is 1.46. The Morgan fingerprint density at radius 1 is 1.40 bits per heavy atom. The van der Waals surface area contributed by atoms with Crippen LogP contribution in [-0.2, 0) is 0 Å². The Kier molecular flexibility index (Phi) is 3.89. The normalized spacial score (nSPS) is 10.2. The first-order valence-electron chi connectivity index (χ1n) is 5.20. The Morgan fingerprint density at radius 2 is 2.15 bits per heavy atom. The molecule has 10 heteroatoms. The van der Waals surface area contributed by atoms with Gasteiger partial charge < -0.3 is 10.1 Å². The summed E-state index contributed by atoms with van der Waals surface area (Å²) in [6.45, 7) is 0. The summed E-state index contributed by atoms with van der Waals surface area (Å²) in [4.78, 5) is 21.2. The lowest BCUT2D eigenvalue weighted by Gasteiger charge is -2.06. The van der Waals surface area contributed by atoms with Crippen molar-refractivity contribution in [1.82, 2.24) is 15.0 Å². The molecule has 0 amide bonds. The van der Waals surface area contributed by atoms with E-state index in [1.54, 1.807) is 7.05 Å². The summed E-state index contributed by atoms with van der Waals surface area (Å²) < 4.78 is 18.2. The molecule has 0 fully saturated rings. The quantitative estimate of drug-likeness (QED) is 0.683. The average molecular weight is 300 g/mol. The second-order valence-corrected chi connectivity index (χ2v) is 3.77. The van der Waals surface area contributed by atoms with Crippen molar-refractivity contribution in [3.05, 3.63) is 39.4 Å². The zero-order valence-corrected chi connectivity index (χ0v) is 10.8. The highest BCUT2D eigenvalue weighted by Crippen LogP contribution is 2.30. The number of rotatable bonds is 4. The second-order valence-electron chi connectivity index (χ2n) is 3.43. The zero-order valence-electron chi connectivity index (χ0n) is 10.0. The fourth-order valence-electron chi connectivity index (χ4n) is 1.31. The number of ether oxygens (including phenoxy) is 1. The van der Waals surface area contributed by atoms with Crippen LogP contribution < -0.4 is 10.1 Å². The molecule has 0 saturated heterocycles. The summed E-state index contributed by atoms with van der Waals surface area (Å²) in [5.41, 5.74) is -0.549. The largest absolute Gasteiger partial charge is 0.417 e. The van der Waals surface area contributed by atoms with E-state index in [4.69, 9.17) is 16.3 Å². The standard InChI is InChI=1S/C10H7ClFN5O3/c1-13-9-14-8(11)15-10(16-9)20-7-3-2-5(12)4-6(7)17(18)19/h2-4H,1H3,(H,13,14,15,16). The topological polar surface area (TPSA) is 103 Å². The van der Waals surface area contributed by atoms with Crippen LogP contribution in [0.5, 0.6) is 11.8 Å². The van der Waals surface area contributed by atoms with Gasteiger partial charge in [0, 0.05) is 7.05 Å². The Labute approximate surface area is 116 Å². The molecule has 0 aliphatic heterocycles. The van der Waals surface area contributed by atoms with Crippen molar-refractivity contribution < 1.29 is 14.1 Å². The second kappa shape index (κ2) is 5.61. The smallest absolute Gasteiger partial charge is 0.328 e. The first-order chi connectivity index (χ1) is 9.49. The number of hydrogen-bond donors (Lipinski definition) is 1. The van der Waals surface area contributed by atoms with Crippen molar-refractivity contribution in [3.63, 3.8) is 0 Å².